The fraction of sp³-hybridized carbons (Fsp3) is 0.708. The summed E-state index contributed by atoms with van der Waals surface area (Å²) in [4.78, 5) is 12.3. The van der Waals surface area contributed by atoms with Crippen LogP contribution in [0.3, 0.4) is 0 Å². The lowest BCUT2D eigenvalue weighted by Crippen LogP contribution is -2.44. The molecule has 2 fully saturated rings. The van der Waals surface area contributed by atoms with Crippen LogP contribution in [0.15, 0.2) is 29.3 Å². The normalized spacial score (nSPS) is 18.9. The molecule has 8 heteroatoms. The molecule has 0 atom stereocenters. The van der Waals surface area contributed by atoms with Gasteiger partial charge in [0.2, 0.25) is 0 Å². The molecule has 0 radical (unpaired) electrons. The highest BCUT2D eigenvalue weighted by atomic mass is 127. The number of nitrogens with one attached hydrogen (secondary N) is 2. The first-order chi connectivity index (χ1) is 15.2. The number of morpholine rings is 1. The van der Waals surface area contributed by atoms with E-state index in [2.05, 4.69) is 63.6 Å². The molecule has 182 valence electrons. The van der Waals surface area contributed by atoms with Gasteiger partial charge in [0, 0.05) is 58.9 Å². The van der Waals surface area contributed by atoms with Crippen molar-refractivity contribution in [2.45, 2.75) is 32.9 Å². The van der Waals surface area contributed by atoms with Crippen molar-refractivity contribution in [2.24, 2.45) is 4.99 Å². The van der Waals surface area contributed by atoms with Gasteiger partial charge in [-0.25, -0.2) is 4.99 Å². The van der Waals surface area contributed by atoms with Gasteiger partial charge in [0.15, 0.2) is 5.96 Å². The van der Waals surface area contributed by atoms with Crippen LogP contribution in [0.2, 0.25) is 0 Å². The molecule has 1 aromatic rings. The van der Waals surface area contributed by atoms with Crippen molar-refractivity contribution in [1.29, 1.82) is 0 Å². The van der Waals surface area contributed by atoms with Gasteiger partial charge in [0.25, 0.3) is 0 Å². The summed E-state index contributed by atoms with van der Waals surface area (Å²) in [7, 11) is 2.21. The van der Waals surface area contributed by atoms with Crippen LogP contribution in [0.1, 0.15) is 30.9 Å². The number of nitrogens with zero attached hydrogens (tertiary/aromatic N) is 4. The molecule has 2 heterocycles. The van der Waals surface area contributed by atoms with E-state index in [-0.39, 0.29) is 24.0 Å². The molecule has 0 saturated carbocycles. The van der Waals surface area contributed by atoms with Crippen LogP contribution in [0.25, 0.3) is 0 Å². The Kier molecular flexibility index (Phi) is 13.5. The highest BCUT2D eigenvalue weighted by Crippen LogP contribution is 2.14. The number of likely N-dealkylation sites (N-methyl/N-ethyl adjacent to an activating group) is 1. The molecular formula is C24H43IN6O. The molecule has 0 aliphatic carbocycles. The average molecular weight is 559 g/mol. The number of ether oxygens (including phenoxy) is 1. The van der Waals surface area contributed by atoms with Gasteiger partial charge in [-0.3, -0.25) is 4.90 Å². The second-order valence-electron chi connectivity index (χ2n) is 8.63. The van der Waals surface area contributed by atoms with Crippen molar-refractivity contribution in [3.05, 3.63) is 35.4 Å². The molecular weight excluding hydrogens is 515 g/mol. The molecule has 3 rings (SSSR count). The third-order valence-corrected chi connectivity index (χ3v) is 6.16. The molecule has 0 amide bonds. The number of halogens is 1. The number of piperazine rings is 1. The Labute approximate surface area is 212 Å². The Bertz CT molecular complexity index is 660. The van der Waals surface area contributed by atoms with Gasteiger partial charge >= 0.3 is 0 Å². The number of guanidine groups is 1. The summed E-state index contributed by atoms with van der Waals surface area (Å²) in [5.41, 5.74) is 2.68. The van der Waals surface area contributed by atoms with E-state index < -0.39 is 0 Å². The Balaban J connectivity index is 0.00000363. The van der Waals surface area contributed by atoms with Crippen molar-refractivity contribution in [3.8, 4) is 0 Å². The van der Waals surface area contributed by atoms with Crippen LogP contribution < -0.4 is 10.6 Å². The summed E-state index contributed by atoms with van der Waals surface area (Å²) in [5.74, 6) is 0.920. The molecule has 0 bridgehead atoms. The van der Waals surface area contributed by atoms with Crippen LogP contribution >= 0.6 is 24.0 Å². The lowest BCUT2D eigenvalue weighted by Gasteiger charge is -2.32. The Hall–Kier alpha value is -0.940. The van der Waals surface area contributed by atoms with Crippen LogP contribution in [-0.4, -0.2) is 99.8 Å². The monoisotopic (exact) mass is 558 g/mol. The molecule has 1 aromatic carbocycles. The summed E-state index contributed by atoms with van der Waals surface area (Å²) in [6, 6.07) is 8.69. The fourth-order valence-electron chi connectivity index (χ4n) is 4.11. The molecule has 2 N–H and O–H groups in total. The summed E-state index contributed by atoms with van der Waals surface area (Å²) in [5, 5.41) is 6.92. The highest BCUT2D eigenvalue weighted by molar-refractivity contribution is 14.0. The number of aliphatic imine (C=N–C) groups is 1. The molecule has 2 aliphatic rings. The third-order valence-electron chi connectivity index (χ3n) is 6.16. The smallest absolute Gasteiger partial charge is 0.191 e. The van der Waals surface area contributed by atoms with Gasteiger partial charge in [-0.05, 0) is 44.5 Å². The molecule has 0 aromatic heterocycles. The van der Waals surface area contributed by atoms with E-state index in [9.17, 15) is 0 Å². The standard InChI is InChI=1S/C24H42N6O.HI/c1-3-25-24(26-10-6-7-11-29-14-12-28(2)13-15-29)27-20-22-8-4-5-9-23(22)21-30-16-18-31-19-17-30;/h4-5,8-9H,3,6-7,10-21H2,1-2H3,(H2,25,26,27);1H. The number of unbranched alkanes of at least 4 members (excludes halogenated alkanes) is 1. The molecule has 0 spiro atoms. The van der Waals surface area contributed by atoms with Gasteiger partial charge in [-0.1, -0.05) is 24.3 Å². The van der Waals surface area contributed by atoms with Crippen molar-refractivity contribution >= 4 is 29.9 Å². The SMILES string of the molecule is CCNC(=NCc1ccccc1CN1CCOCC1)NCCCCN1CCN(C)CC1.I. The van der Waals surface area contributed by atoms with Crippen molar-refractivity contribution in [2.75, 3.05) is 79.2 Å². The molecule has 2 saturated heterocycles. The Morgan fingerprint density at radius 3 is 2.38 bits per heavy atom. The predicted octanol–water partition coefficient (Wildman–Crippen LogP) is 2.22. The summed E-state index contributed by atoms with van der Waals surface area (Å²) < 4.78 is 5.48. The van der Waals surface area contributed by atoms with Crippen LogP contribution in [0, 0.1) is 0 Å². The van der Waals surface area contributed by atoms with E-state index in [0.717, 1.165) is 51.9 Å². The van der Waals surface area contributed by atoms with Crippen LogP contribution in [-0.2, 0) is 17.8 Å². The molecule has 7 nitrogen and oxygen atoms in total. The fourth-order valence-corrected chi connectivity index (χ4v) is 4.11. The van der Waals surface area contributed by atoms with Crippen molar-refractivity contribution in [1.82, 2.24) is 25.3 Å². The van der Waals surface area contributed by atoms with Crippen LogP contribution in [0.4, 0.5) is 0 Å². The maximum Gasteiger partial charge on any atom is 0.191 e. The first-order valence-corrected chi connectivity index (χ1v) is 12.0. The summed E-state index contributed by atoms with van der Waals surface area (Å²) >= 11 is 0. The quantitative estimate of drug-likeness (QED) is 0.199. The van der Waals surface area contributed by atoms with Gasteiger partial charge in [-0.2, -0.15) is 0 Å². The van der Waals surface area contributed by atoms with E-state index in [1.54, 1.807) is 0 Å². The van der Waals surface area contributed by atoms with Gasteiger partial charge in [0.1, 0.15) is 0 Å². The Morgan fingerprint density at radius 1 is 0.938 bits per heavy atom. The lowest BCUT2D eigenvalue weighted by molar-refractivity contribution is 0.0341. The average Bonchev–Trinajstić information content (AvgIpc) is 2.80. The predicted molar refractivity (Wildman–Crippen MR) is 144 cm³/mol. The highest BCUT2D eigenvalue weighted by Gasteiger charge is 2.13. The maximum atomic E-state index is 5.48. The Morgan fingerprint density at radius 2 is 1.66 bits per heavy atom. The zero-order chi connectivity index (χ0) is 21.7. The first kappa shape index (κ1) is 27.3. The van der Waals surface area contributed by atoms with Crippen LogP contribution in [0.5, 0.6) is 0 Å². The van der Waals surface area contributed by atoms with E-state index >= 15 is 0 Å². The summed E-state index contributed by atoms with van der Waals surface area (Å²) in [6.45, 7) is 15.4. The number of rotatable bonds is 10. The lowest BCUT2D eigenvalue weighted by atomic mass is 10.1. The zero-order valence-corrected chi connectivity index (χ0v) is 22.4. The minimum absolute atomic E-state index is 0. The van der Waals surface area contributed by atoms with E-state index in [1.807, 2.05) is 0 Å². The molecule has 32 heavy (non-hydrogen) atoms. The second-order valence-corrected chi connectivity index (χ2v) is 8.63. The number of benzene rings is 1. The van der Waals surface area contributed by atoms with Crippen molar-refractivity contribution < 1.29 is 4.74 Å². The van der Waals surface area contributed by atoms with Crippen molar-refractivity contribution in [3.63, 3.8) is 0 Å². The molecule has 0 unspecified atom stereocenters. The van der Waals surface area contributed by atoms with Gasteiger partial charge < -0.3 is 25.2 Å². The molecule has 2 aliphatic heterocycles. The maximum absolute atomic E-state index is 5.48. The second kappa shape index (κ2) is 15.8. The van der Waals surface area contributed by atoms with E-state index in [4.69, 9.17) is 9.73 Å². The largest absolute Gasteiger partial charge is 0.379 e. The topological polar surface area (TPSA) is 55.4 Å². The number of hydrogen-bond acceptors (Lipinski definition) is 5. The van der Waals surface area contributed by atoms with Gasteiger partial charge in [-0.15, -0.1) is 24.0 Å². The van der Waals surface area contributed by atoms with E-state index in [1.165, 1.54) is 56.7 Å². The third kappa shape index (κ3) is 9.91. The number of hydrogen-bond donors (Lipinski definition) is 2. The van der Waals surface area contributed by atoms with Gasteiger partial charge in [0.05, 0.1) is 19.8 Å². The minimum Gasteiger partial charge on any atom is -0.379 e. The van der Waals surface area contributed by atoms with E-state index in [0.29, 0.717) is 6.54 Å². The summed E-state index contributed by atoms with van der Waals surface area (Å²) in [6.07, 6.45) is 2.41. The zero-order valence-electron chi connectivity index (χ0n) is 20.0. The first-order valence-electron chi connectivity index (χ1n) is 12.0. The minimum atomic E-state index is 0.